The Morgan fingerprint density at radius 2 is 1.81 bits per heavy atom. The number of hydrogen-bond donors (Lipinski definition) is 2. The molecule has 2 aromatic heterocycles. The van der Waals surface area contributed by atoms with Crippen LogP contribution >= 0.6 is 11.3 Å². The summed E-state index contributed by atoms with van der Waals surface area (Å²) in [6.07, 6.45) is 1.36. The van der Waals surface area contributed by atoms with E-state index in [0.29, 0.717) is 44.4 Å². The first-order chi connectivity index (χ1) is 17.2. The second-order valence-electron chi connectivity index (χ2n) is 8.59. The van der Waals surface area contributed by atoms with Crippen molar-refractivity contribution in [3.8, 4) is 5.75 Å². The lowest BCUT2D eigenvalue weighted by Crippen LogP contribution is -2.31. The highest BCUT2D eigenvalue weighted by molar-refractivity contribution is 7.20. The predicted molar refractivity (Wildman–Crippen MR) is 143 cm³/mol. The first kappa shape index (κ1) is 25.1. The maximum atomic E-state index is 13.4. The molecule has 0 aliphatic carbocycles. The number of thiophene rings is 1. The van der Waals surface area contributed by atoms with E-state index in [9.17, 15) is 14.4 Å². The fourth-order valence-electron chi connectivity index (χ4n) is 3.94. The maximum Gasteiger partial charge on any atom is 0.266 e. The summed E-state index contributed by atoms with van der Waals surface area (Å²) in [5.41, 5.74) is 3.54. The van der Waals surface area contributed by atoms with Crippen molar-refractivity contribution in [2.24, 2.45) is 0 Å². The summed E-state index contributed by atoms with van der Waals surface area (Å²) in [5, 5.41) is 6.09. The van der Waals surface area contributed by atoms with E-state index in [-0.39, 0.29) is 17.4 Å². The van der Waals surface area contributed by atoms with E-state index < -0.39 is 6.04 Å². The lowest BCUT2D eigenvalue weighted by molar-refractivity contribution is -0.118. The Morgan fingerprint density at radius 3 is 2.47 bits per heavy atom. The lowest BCUT2D eigenvalue weighted by Gasteiger charge is -2.15. The third-order valence-electron chi connectivity index (χ3n) is 5.94. The lowest BCUT2D eigenvalue weighted by atomic mass is 10.1. The van der Waals surface area contributed by atoms with Crippen molar-refractivity contribution in [3.63, 3.8) is 0 Å². The summed E-state index contributed by atoms with van der Waals surface area (Å²) in [6.45, 7) is 9.74. The molecule has 1 atom stereocenters. The molecule has 9 heteroatoms. The molecule has 1 unspecified atom stereocenters. The van der Waals surface area contributed by atoms with Crippen LogP contribution in [0.15, 0.2) is 53.6 Å². The van der Waals surface area contributed by atoms with Gasteiger partial charge in [0.15, 0.2) is 0 Å². The predicted octanol–water partition coefficient (Wildman–Crippen LogP) is 5.23. The molecule has 186 valence electrons. The van der Waals surface area contributed by atoms with E-state index in [4.69, 9.17) is 4.74 Å². The SMILES string of the molecule is CCOc1ccc(NC(=O)C(C)n2cnc3sc(C(=O)Nc4ccc(C)cc4C)c(C)c3c2=O)cc1. The van der Waals surface area contributed by atoms with E-state index >= 15 is 0 Å². The van der Waals surface area contributed by atoms with Gasteiger partial charge in [-0.3, -0.25) is 19.0 Å². The van der Waals surface area contributed by atoms with Crippen molar-refractivity contribution < 1.29 is 14.3 Å². The second kappa shape index (κ2) is 10.3. The van der Waals surface area contributed by atoms with Gasteiger partial charge in [0.25, 0.3) is 11.5 Å². The summed E-state index contributed by atoms with van der Waals surface area (Å²) < 4.78 is 6.71. The summed E-state index contributed by atoms with van der Waals surface area (Å²) in [4.78, 5) is 44.5. The number of amides is 2. The zero-order valence-electron chi connectivity index (χ0n) is 20.8. The van der Waals surface area contributed by atoms with E-state index in [1.54, 1.807) is 38.1 Å². The minimum atomic E-state index is -0.812. The zero-order chi connectivity index (χ0) is 26.0. The molecular weight excluding hydrogens is 476 g/mol. The van der Waals surface area contributed by atoms with Gasteiger partial charge in [-0.1, -0.05) is 17.7 Å². The quantitative estimate of drug-likeness (QED) is 0.359. The van der Waals surface area contributed by atoms with Gasteiger partial charge in [0.2, 0.25) is 5.91 Å². The maximum absolute atomic E-state index is 13.4. The highest BCUT2D eigenvalue weighted by Gasteiger charge is 2.23. The number of ether oxygens (including phenoxy) is 1. The van der Waals surface area contributed by atoms with Gasteiger partial charge < -0.3 is 15.4 Å². The van der Waals surface area contributed by atoms with Crippen LogP contribution in [-0.4, -0.2) is 28.0 Å². The third kappa shape index (κ3) is 5.01. The summed E-state index contributed by atoms with van der Waals surface area (Å²) >= 11 is 1.16. The molecule has 2 amide bonds. The van der Waals surface area contributed by atoms with Gasteiger partial charge in [-0.15, -0.1) is 11.3 Å². The van der Waals surface area contributed by atoms with Crippen LogP contribution in [0.2, 0.25) is 0 Å². The molecule has 0 aliphatic rings. The van der Waals surface area contributed by atoms with Gasteiger partial charge in [0.05, 0.1) is 23.2 Å². The zero-order valence-corrected chi connectivity index (χ0v) is 21.7. The summed E-state index contributed by atoms with van der Waals surface area (Å²) in [7, 11) is 0. The molecule has 4 rings (SSSR count). The molecule has 0 saturated carbocycles. The third-order valence-corrected chi connectivity index (χ3v) is 7.14. The highest BCUT2D eigenvalue weighted by Crippen LogP contribution is 2.29. The van der Waals surface area contributed by atoms with Crippen LogP contribution in [-0.2, 0) is 4.79 Å². The Bertz CT molecular complexity index is 1500. The summed E-state index contributed by atoms with van der Waals surface area (Å²) in [5.74, 6) is 0.0533. The Kier molecular flexibility index (Phi) is 7.21. The number of anilines is 2. The van der Waals surface area contributed by atoms with Crippen LogP contribution in [0.5, 0.6) is 5.75 Å². The average molecular weight is 505 g/mol. The van der Waals surface area contributed by atoms with Crippen LogP contribution in [0.1, 0.15) is 46.3 Å². The molecule has 36 heavy (non-hydrogen) atoms. The fourth-order valence-corrected chi connectivity index (χ4v) is 4.97. The first-order valence-electron chi connectivity index (χ1n) is 11.6. The molecule has 0 spiro atoms. The van der Waals surface area contributed by atoms with Crippen LogP contribution in [0.3, 0.4) is 0 Å². The molecule has 4 aromatic rings. The summed E-state index contributed by atoms with van der Waals surface area (Å²) in [6, 6.07) is 12.0. The number of benzene rings is 2. The van der Waals surface area contributed by atoms with Gasteiger partial charge in [-0.05, 0) is 76.1 Å². The fraction of sp³-hybridized carbons (Fsp3) is 0.259. The topological polar surface area (TPSA) is 102 Å². The Hall–Kier alpha value is -3.98. The smallest absolute Gasteiger partial charge is 0.266 e. The molecule has 2 heterocycles. The van der Waals surface area contributed by atoms with Gasteiger partial charge in [0, 0.05) is 11.4 Å². The van der Waals surface area contributed by atoms with Crippen LogP contribution < -0.4 is 20.9 Å². The van der Waals surface area contributed by atoms with E-state index in [1.165, 1.54) is 10.9 Å². The van der Waals surface area contributed by atoms with Crippen molar-refractivity contribution in [2.75, 3.05) is 17.2 Å². The van der Waals surface area contributed by atoms with E-state index in [1.807, 2.05) is 39.0 Å². The van der Waals surface area contributed by atoms with Gasteiger partial charge >= 0.3 is 0 Å². The number of nitrogens with zero attached hydrogens (tertiary/aromatic N) is 2. The van der Waals surface area contributed by atoms with E-state index in [0.717, 1.165) is 22.5 Å². The number of hydrogen-bond acceptors (Lipinski definition) is 6. The number of nitrogens with one attached hydrogen (secondary N) is 2. The second-order valence-corrected chi connectivity index (χ2v) is 9.59. The molecule has 0 radical (unpaired) electrons. The number of aryl methyl sites for hydroxylation is 3. The van der Waals surface area contributed by atoms with Crippen LogP contribution in [0.4, 0.5) is 11.4 Å². The first-order valence-corrected chi connectivity index (χ1v) is 12.4. The molecule has 0 aliphatic heterocycles. The van der Waals surface area contributed by atoms with Crippen molar-refractivity contribution >= 4 is 44.7 Å². The van der Waals surface area contributed by atoms with Crippen LogP contribution in [0.25, 0.3) is 10.2 Å². The molecule has 2 aromatic carbocycles. The van der Waals surface area contributed by atoms with Crippen molar-refractivity contribution in [3.05, 3.63) is 80.7 Å². The molecule has 8 nitrogen and oxygen atoms in total. The van der Waals surface area contributed by atoms with Gasteiger partial charge in [-0.2, -0.15) is 0 Å². The minimum Gasteiger partial charge on any atom is -0.494 e. The number of carbonyl (C=O) groups excluding carboxylic acids is 2. The number of fused-ring (bicyclic) bond motifs is 1. The minimum absolute atomic E-state index is 0.297. The molecule has 0 saturated heterocycles. The van der Waals surface area contributed by atoms with Crippen LogP contribution in [0, 0.1) is 20.8 Å². The monoisotopic (exact) mass is 504 g/mol. The van der Waals surface area contributed by atoms with Gasteiger partial charge in [0.1, 0.15) is 16.6 Å². The average Bonchev–Trinajstić information content (AvgIpc) is 3.19. The molecule has 0 fully saturated rings. The number of aromatic nitrogens is 2. The van der Waals surface area contributed by atoms with Crippen molar-refractivity contribution in [2.45, 2.75) is 40.7 Å². The largest absolute Gasteiger partial charge is 0.494 e. The normalized spacial score (nSPS) is 11.8. The molecule has 0 bridgehead atoms. The Labute approximate surface area is 212 Å². The Balaban J connectivity index is 1.58. The highest BCUT2D eigenvalue weighted by atomic mass is 32.1. The molecule has 2 N–H and O–H groups in total. The number of rotatable bonds is 7. The Morgan fingerprint density at radius 1 is 1.08 bits per heavy atom. The standard InChI is InChI=1S/C27H28N4O4S/c1-6-35-20-10-8-19(9-11-20)29-24(32)18(5)31-14-28-26-22(27(31)34)17(4)23(36-26)25(33)30-21-12-7-15(2)13-16(21)3/h7-14,18H,6H2,1-5H3,(H,29,32)(H,30,33). The van der Waals surface area contributed by atoms with Crippen molar-refractivity contribution in [1.29, 1.82) is 0 Å². The van der Waals surface area contributed by atoms with E-state index in [2.05, 4.69) is 15.6 Å². The number of carbonyl (C=O) groups is 2. The van der Waals surface area contributed by atoms with Crippen molar-refractivity contribution in [1.82, 2.24) is 9.55 Å². The molecular formula is C27H28N4O4S. The van der Waals surface area contributed by atoms with Gasteiger partial charge in [-0.25, -0.2) is 4.98 Å².